The van der Waals surface area contributed by atoms with Gasteiger partial charge in [-0.25, -0.2) is 13.8 Å². The summed E-state index contributed by atoms with van der Waals surface area (Å²) in [5.74, 6) is -2.88. The van der Waals surface area contributed by atoms with Crippen molar-refractivity contribution in [2.75, 3.05) is 10.2 Å². The Bertz CT molecular complexity index is 1110. The number of halogens is 2. The van der Waals surface area contributed by atoms with Gasteiger partial charge in [-0.2, -0.15) is 0 Å². The van der Waals surface area contributed by atoms with Crippen LogP contribution < -0.4 is 10.2 Å². The third kappa shape index (κ3) is 3.77. The summed E-state index contributed by atoms with van der Waals surface area (Å²) in [6.45, 7) is 0. The first kappa shape index (κ1) is 18.9. The number of rotatable bonds is 4. The van der Waals surface area contributed by atoms with Crippen LogP contribution in [-0.4, -0.2) is 22.7 Å². The van der Waals surface area contributed by atoms with Gasteiger partial charge < -0.3 is 0 Å². The van der Waals surface area contributed by atoms with Crippen LogP contribution in [0.1, 0.15) is 23.2 Å². The molecule has 1 N–H and O–H groups in total. The molecule has 0 saturated carbocycles. The molecule has 0 spiro atoms. The first-order valence-electron chi connectivity index (χ1n) is 8.60. The van der Waals surface area contributed by atoms with Crippen LogP contribution in [0.3, 0.4) is 0 Å². The first-order chi connectivity index (χ1) is 13.9. The Morgan fingerprint density at radius 1 is 1.00 bits per heavy atom. The summed E-state index contributed by atoms with van der Waals surface area (Å²) in [6, 6.07) is 9.53. The van der Waals surface area contributed by atoms with Crippen LogP contribution >= 0.6 is 11.3 Å². The van der Waals surface area contributed by atoms with Gasteiger partial charge in [0.15, 0.2) is 16.8 Å². The normalized spacial score (nSPS) is 13.8. The smallest absolute Gasteiger partial charge is 0.257 e. The number of amides is 3. The van der Waals surface area contributed by atoms with Gasteiger partial charge in [-0.05, 0) is 42.5 Å². The Labute approximate surface area is 167 Å². The van der Waals surface area contributed by atoms with Crippen molar-refractivity contribution in [2.24, 2.45) is 0 Å². The molecular weight excluding hydrogens is 400 g/mol. The maximum Gasteiger partial charge on any atom is 0.257 e. The summed E-state index contributed by atoms with van der Waals surface area (Å²) in [5, 5.41) is 4.55. The van der Waals surface area contributed by atoms with Crippen molar-refractivity contribution >= 4 is 39.9 Å². The SMILES string of the molecule is O=C(Nc1nc(-c2ccc(F)c(F)c2)cs1)c1ccc(N2C(=O)CCC2=O)cc1. The van der Waals surface area contributed by atoms with Crippen LogP contribution in [0.4, 0.5) is 19.6 Å². The molecule has 0 radical (unpaired) electrons. The highest BCUT2D eigenvalue weighted by atomic mass is 32.1. The molecule has 0 aliphatic carbocycles. The third-order valence-corrected chi connectivity index (χ3v) is 5.14. The third-order valence-electron chi connectivity index (χ3n) is 4.38. The summed E-state index contributed by atoms with van der Waals surface area (Å²) >= 11 is 1.14. The molecule has 1 fully saturated rings. The number of benzene rings is 2. The quantitative estimate of drug-likeness (QED) is 0.656. The van der Waals surface area contributed by atoms with Crippen LogP contribution in [0.15, 0.2) is 47.8 Å². The molecule has 9 heteroatoms. The van der Waals surface area contributed by atoms with Gasteiger partial charge in [-0.3, -0.25) is 24.6 Å². The number of nitrogens with one attached hydrogen (secondary N) is 1. The monoisotopic (exact) mass is 413 g/mol. The van der Waals surface area contributed by atoms with Crippen LogP contribution in [0.5, 0.6) is 0 Å². The van der Waals surface area contributed by atoms with Crippen molar-refractivity contribution < 1.29 is 23.2 Å². The van der Waals surface area contributed by atoms with E-state index in [4.69, 9.17) is 0 Å². The predicted octanol–water partition coefficient (Wildman–Crippen LogP) is 3.99. The highest BCUT2D eigenvalue weighted by Gasteiger charge is 2.30. The molecule has 3 amide bonds. The molecule has 1 saturated heterocycles. The molecule has 1 aliphatic heterocycles. The van der Waals surface area contributed by atoms with E-state index in [1.165, 1.54) is 30.3 Å². The minimum atomic E-state index is -0.976. The van der Waals surface area contributed by atoms with Gasteiger partial charge in [0.05, 0.1) is 11.4 Å². The van der Waals surface area contributed by atoms with Crippen LogP contribution in [-0.2, 0) is 9.59 Å². The second-order valence-electron chi connectivity index (χ2n) is 6.29. The van der Waals surface area contributed by atoms with Crippen LogP contribution in [0.2, 0.25) is 0 Å². The van der Waals surface area contributed by atoms with Crippen molar-refractivity contribution in [2.45, 2.75) is 12.8 Å². The predicted molar refractivity (Wildman–Crippen MR) is 104 cm³/mol. The number of aromatic nitrogens is 1. The molecule has 0 atom stereocenters. The zero-order chi connectivity index (χ0) is 20.5. The lowest BCUT2D eigenvalue weighted by Crippen LogP contribution is -2.28. The van der Waals surface area contributed by atoms with Gasteiger partial charge in [0.25, 0.3) is 5.91 Å². The second kappa shape index (κ2) is 7.51. The molecular formula is C20H13F2N3O3S. The lowest BCUT2D eigenvalue weighted by Gasteiger charge is -2.13. The van der Waals surface area contributed by atoms with E-state index in [1.807, 2.05) is 0 Å². The van der Waals surface area contributed by atoms with Gasteiger partial charge in [0.2, 0.25) is 11.8 Å². The molecule has 2 aromatic carbocycles. The Balaban J connectivity index is 1.47. The average Bonchev–Trinajstić information content (AvgIpc) is 3.30. The Morgan fingerprint density at radius 3 is 2.34 bits per heavy atom. The average molecular weight is 413 g/mol. The first-order valence-corrected chi connectivity index (χ1v) is 9.48. The Hall–Kier alpha value is -3.46. The molecule has 3 aromatic rings. The Kier molecular flexibility index (Phi) is 4.89. The van der Waals surface area contributed by atoms with E-state index >= 15 is 0 Å². The highest BCUT2D eigenvalue weighted by Crippen LogP contribution is 2.27. The highest BCUT2D eigenvalue weighted by molar-refractivity contribution is 7.14. The maximum atomic E-state index is 13.4. The number of anilines is 2. The molecule has 2 heterocycles. The van der Waals surface area contributed by atoms with Crippen molar-refractivity contribution in [1.82, 2.24) is 4.98 Å². The van der Waals surface area contributed by atoms with Gasteiger partial charge in [-0.15, -0.1) is 11.3 Å². The van der Waals surface area contributed by atoms with Crippen LogP contribution in [0, 0.1) is 11.6 Å². The van der Waals surface area contributed by atoms with E-state index in [-0.39, 0.29) is 24.7 Å². The summed E-state index contributed by atoms with van der Waals surface area (Å²) in [6.07, 6.45) is 0.372. The van der Waals surface area contributed by atoms with Crippen molar-refractivity contribution in [3.63, 3.8) is 0 Å². The molecule has 0 unspecified atom stereocenters. The summed E-state index contributed by atoms with van der Waals surface area (Å²) in [4.78, 5) is 41.3. The summed E-state index contributed by atoms with van der Waals surface area (Å²) in [5.41, 5.74) is 1.54. The fourth-order valence-corrected chi connectivity index (χ4v) is 3.63. The number of hydrogen-bond donors (Lipinski definition) is 1. The number of imide groups is 1. The molecule has 1 aliphatic rings. The van der Waals surface area contributed by atoms with E-state index in [1.54, 1.807) is 5.38 Å². The molecule has 29 heavy (non-hydrogen) atoms. The van der Waals surface area contributed by atoms with Crippen molar-refractivity contribution in [1.29, 1.82) is 0 Å². The van der Waals surface area contributed by atoms with E-state index in [2.05, 4.69) is 10.3 Å². The molecule has 6 nitrogen and oxygen atoms in total. The summed E-state index contributed by atoms with van der Waals surface area (Å²) in [7, 11) is 0. The fraction of sp³-hybridized carbons (Fsp3) is 0.100. The summed E-state index contributed by atoms with van der Waals surface area (Å²) < 4.78 is 26.4. The maximum absolute atomic E-state index is 13.4. The number of carbonyl (C=O) groups excluding carboxylic acids is 3. The second-order valence-corrected chi connectivity index (χ2v) is 7.15. The standard InChI is InChI=1S/C20H13F2N3O3S/c21-14-6-3-12(9-15(14)22)16-10-29-20(23-16)24-19(28)11-1-4-13(5-2-11)25-17(26)7-8-18(25)27/h1-6,9-10H,7-8H2,(H,23,24,28). The lowest BCUT2D eigenvalue weighted by atomic mass is 10.1. The number of thiazole rings is 1. The minimum Gasteiger partial charge on any atom is -0.298 e. The zero-order valence-electron chi connectivity index (χ0n) is 14.8. The largest absolute Gasteiger partial charge is 0.298 e. The van der Waals surface area contributed by atoms with Crippen LogP contribution in [0.25, 0.3) is 11.3 Å². The van der Waals surface area contributed by atoms with Crippen molar-refractivity contribution in [3.8, 4) is 11.3 Å². The van der Waals surface area contributed by atoms with Crippen molar-refractivity contribution in [3.05, 3.63) is 65.0 Å². The van der Waals surface area contributed by atoms with Gasteiger partial charge in [0.1, 0.15) is 0 Å². The molecule has 4 rings (SSSR count). The fourth-order valence-electron chi connectivity index (χ4n) is 2.91. The van der Waals surface area contributed by atoms with Gasteiger partial charge >= 0.3 is 0 Å². The Morgan fingerprint density at radius 2 is 1.69 bits per heavy atom. The molecule has 146 valence electrons. The van der Waals surface area contributed by atoms with E-state index < -0.39 is 17.5 Å². The molecule has 1 aromatic heterocycles. The van der Waals surface area contributed by atoms with Gasteiger partial charge in [-0.1, -0.05) is 0 Å². The number of hydrogen-bond acceptors (Lipinski definition) is 5. The topological polar surface area (TPSA) is 79.4 Å². The number of carbonyl (C=O) groups is 3. The lowest BCUT2D eigenvalue weighted by molar-refractivity contribution is -0.121. The minimum absolute atomic E-state index is 0.186. The van der Waals surface area contributed by atoms with E-state index in [9.17, 15) is 23.2 Å². The molecule has 0 bridgehead atoms. The zero-order valence-corrected chi connectivity index (χ0v) is 15.6. The van der Waals surface area contributed by atoms with Gasteiger partial charge in [0, 0.05) is 29.3 Å². The van der Waals surface area contributed by atoms with E-state index in [0.29, 0.717) is 27.6 Å². The number of nitrogens with zero attached hydrogens (tertiary/aromatic N) is 2. The van der Waals surface area contributed by atoms with E-state index in [0.717, 1.165) is 28.4 Å².